The Morgan fingerprint density at radius 3 is 2.27 bits per heavy atom. The minimum Gasteiger partial charge on any atom is -0.479 e. The van der Waals surface area contributed by atoms with E-state index in [4.69, 9.17) is 14.6 Å². The quantitative estimate of drug-likeness (QED) is 0.699. The summed E-state index contributed by atoms with van der Waals surface area (Å²) in [6.07, 6.45) is -0.876. The van der Waals surface area contributed by atoms with Gasteiger partial charge in [-0.05, 0) is 43.3 Å². The highest BCUT2D eigenvalue weighted by Crippen LogP contribution is 2.13. The molecular formula is C17H18N2O6S. The Labute approximate surface area is 151 Å². The summed E-state index contributed by atoms with van der Waals surface area (Å²) < 4.78 is 32.6. The van der Waals surface area contributed by atoms with Gasteiger partial charge in [0.25, 0.3) is 5.91 Å². The number of esters is 1. The zero-order chi connectivity index (χ0) is 19.2. The van der Waals surface area contributed by atoms with E-state index in [-0.39, 0.29) is 4.90 Å². The van der Waals surface area contributed by atoms with E-state index in [0.717, 1.165) is 0 Å². The van der Waals surface area contributed by atoms with Gasteiger partial charge in [0.15, 0.2) is 12.7 Å². The fourth-order valence-corrected chi connectivity index (χ4v) is 2.45. The molecule has 0 saturated heterocycles. The molecule has 0 spiro atoms. The SMILES string of the molecule is C[C@@H](Oc1ccccc1)C(=O)OCC(=O)Nc1ccc(S(N)(=O)=O)cc1. The lowest BCUT2D eigenvalue weighted by Crippen LogP contribution is -2.29. The Morgan fingerprint density at radius 2 is 1.69 bits per heavy atom. The molecule has 1 amide bonds. The van der Waals surface area contributed by atoms with Gasteiger partial charge in [0.05, 0.1) is 4.90 Å². The molecule has 2 rings (SSSR count). The van der Waals surface area contributed by atoms with E-state index in [1.165, 1.54) is 31.2 Å². The van der Waals surface area contributed by atoms with Gasteiger partial charge in [-0.15, -0.1) is 0 Å². The molecule has 0 aliphatic rings. The van der Waals surface area contributed by atoms with Crippen LogP contribution < -0.4 is 15.2 Å². The van der Waals surface area contributed by atoms with Crippen LogP contribution >= 0.6 is 0 Å². The van der Waals surface area contributed by atoms with Crippen LogP contribution in [0.15, 0.2) is 59.5 Å². The van der Waals surface area contributed by atoms with Gasteiger partial charge in [-0.25, -0.2) is 18.4 Å². The Balaban J connectivity index is 1.81. The Hall–Kier alpha value is -2.91. The first-order valence-electron chi connectivity index (χ1n) is 7.57. The highest BCUT2D eigenvalue weighted by Gasteiger charge is 2.18. The van der Waals surface area contributed by atoms with E-state index in [2.05, 4.69) is 5.32 Å². The van der Waals surface area contributed by atoms with E-state index in [1.807, 2.05) is 6.07 Å². The lowest BCUT2D eigenvalue weighted by molar-refractivity contribution is -0.153. The fraction of sp³-hybridized carbons (Fsp3) is 0.176. The molecule has 0 radical (unpaired) electrons. The molecule has 2 aromatic carbocycles. The summed E-state index contributed by atoms with van der Waals surface area (Å²) in [7, 11) is -3.80. The van der Waals surface area contributed by atoms with Crippen molar-refractivity contribution in [3.63, 3.8) is 0 Å². The molecular weight excluding hydrogens is 360 g/mol. The topological polar surface area (TPSA) is 125 Å². The number of hydrogen-bond donors (Lipinski definition) is 2. The van der Waals surface area contributed by atoms with Gasteiger partial charge in [0.2, 0.25) is 10.0 Å². The highest BCUT2D eigenvalue weighted by molar-refractivity contribution is 7.89. The molecule has 8 nitrogen and oxygen atoms in total. The third-order valence-corrected chi connectivity index (χ3v) is 4.13. The number of ether oxygens (including phenoxy) is 2. The molecule has 0 aliphatic carbocycles. The summed E-state index contributed by atoms with van der Waals surface area (Å²) >= 11 is 0. The van der Waals surface area contributed by atoms with E-state index in [1.54, 1.807) is 24.3 Å². The second kappa shape index (κ2) is 8.45. The van der Waals surface area contributed by atoms with E-state index < -0.39 is 34.6 Å². The molecule has 2 aromatic rings. The van der Waals surface area contributed by atoms with Crippen LogP contribution in [0.3, 0.4) is 0 Å². The number of anilines is 1. The van der Waals surface area contributed by atoms with Crippen LogP contribution in [0.1, 0.15) is 6.92 Å². The summed E-state index contributed by atoms with van der Waals surface area (Å²) in [5.41, 5.74) is 0.340. The van der Waals surface area contributed by atoms with Gasteiger partial charge in [0.1, 0.15) is 5.75 Å². The number of carbonyl (C=O) groups is 2. The third kappa shape index (κ3) is 5.87. The molecule has 0 unspecified atom stereocenters. The lowest BCUT2D eigenvalue weighted by Gasteiger charge is -2.13. The molecule has 0 saturated carbocycles. The average molecular weight is 378 g/mol. The Kier molecular flexibility index (Phi) is 6.31. The number of para-hydroxylation sites is 1. The van der Waals surface area contributed by atoms with Gasteiger partial charge in [-0.1, -0.05) is 18.2 Å². The first-order chi connectivity index (χ1) is 12.3. The van der Waals surface area contributed by atoms with Crippen LogP contribution in [0.4, 0.5) is 5.69 Å². The predicted octanol–water partition coefficient (Wildman–Crippen LogP) is 1.28. The van der Waals surface area contributed by atoms with Gasteiger partial charge < -0.3 is 14.8 Å². The molecule has 0 aromatic heterocycles. The molecule has 0 heterocycles. The van der Waals surface area contributed by atoms with Crippen molar-refractivity contribution in [3.8, 4) is 5.75 Å². The normalized spacial score (nSPS) is 12.1. The second-order valence-electron chi connectivity index (χ2n) is 5.30. The standard InChI is InChI=1S/C17H18N2O6S/c1-12(25-14-5-3-2-4-6-14)17(21)24-11-16(20)19-13-7-9-15(10-8-13)26(18,22)23/h2-10,12H,11H2,1H3,(H,19,20)(H2,18,22,23)/t12-/m1/s1. The molecule has 26 heavy (non-hydrogen) atoms. The van der Waals surface area contributed by atoms with Gasteiger partial charge in [0, 0.05) is 5.69 Å². The first kappa shape index (κ1) is 19.4. The Bertz CT molecular complexity index is 866. The van der Waals surface area contributed by atoms with Crippen molar-refractivity contribution in [2.75, 3.05) is 11.9 Å². The van der Waals surface area contributed by atoms with Crippen molar-refractivity contribution >= 4 is 27.6 Å². The van der Waals surface area contributed by atoms with Crippen LogP contribution in [0, 0.1) is 0 Å². The number of hydrogen-bond acceptors (Lipinski definition) is 6. The van der Waals surface area contributed by atoms with Crippen LogP contribution in [0.25, 0.3) is 0 Å². The number of carbonyl (C=O) groups excluding carboxylic acids is 2. The average Bonchev–Trinajstić information content (AvgIpc) is 2.60. The maximum absolute atomic E-state index is 11.9. The van der Waals surface area contributed by atoms with E-state index >= 15 is 0 Å². The van der Waals surface area contributed by atoms with Gasteiger partial charge in [-0.3, -0.25) is 4.79 Å². The molecule has 0 aliphatic heterocycles. The molecule has 0 bridgehead atoms. The maximum atomic E-state index is 11.9. The molecule has 3 N–H and O–H groups in total. The van der Waals surface area contributed by atoms with Crippen molar-refractivity contribution < 1.29 is 27.5 Å². The minimum absolute atomic E-state index is 0.0752. The lowest BCUT2D eigenvalue weighted by atomic mass is 10.3. The van der Waals surface area contributed by atoms with Crippen molar-refractivity contribution in [1.29, 1.82) is 0 Å². The third-order valence-electron chi connectivity index (χ3n) is 3.20. The van der Waals surface area contributed by atoms with E-state index in [9.17, 15) is 18.0 Å². The number of amides is 1. The van der Waals surface area contributed by atoms with Crippen molar-refractivity contribution in [1.82, 2.24) is 0 Å². The number of primary sulfonamides is 1. The van der Waals surface area contributed by atoms with Gasteiger partial charge >= 0.3 is 5.97 Å². The van der Waals surface area contributed by atoms with Crippen LogP contribution in [-0.2, 0) is 24.3 Å². The molecule has 9 heteroatoms. The van der Waals surface area contributed by atoms with Crippen molar-refractivity contribution in [2.24, 2.45) is 5.14 Å². The summed E-state index contributed by atoms with van der Waals surface area (Å²) in [6.45, 7) is 1.01. The summed E-state index contributed by atoms with van der Waals surface area (Å²) in [6, 6.07) is 14.0. The zero-order valence-electron chi connectivity index (χ0n) is 13.9. The van der Waals surface area contributed by atoms with Crippen LogP contribution in [-0.4, -0.2) is 33.0 Å². The van der Waals surface area contributed by atoms with Crippen molar-refractivity contribution in [3.05, 3.63) is 54.6 Å². The zero-order valence-corrected chi connectivity index (χ0v) is 14.7. The highest BCUT2D eigenvalue weighted by atomic mass is 32.2. The molecule has 1 atom stereocenters. The number of benzene rings is 2. The predicted molar refractivity (Wildman–Crippen MR) is 93.9 cm³/mol. The monoisotopic (exact) mass is 378 g/mol. The molecule has 0 fully saturated rings. The minimum atomic E-state index is -3.80. The number of nitrogens with one attached hydrogen (secondary N) is 1. The maximum Gasteiger partial charge on any atom is 0.347 e. The number of sulfonamides is 1. The van der Waals surface area contributed by atoms with E-state index in [0.29, 0.717) is 11.4 Å². The van der Waals surface area contributed by atoms with Crippen LogP contribution in [0.5, 0.6) is 5.75 Å². The van der Waals surface area contributed by atoms with Crippen LogP contribution in [0.2, 0.25) is 0 Å². The van der Waals surface area contributed by atoms with Gasteiger partial charge in [-0.2, -0.15) is 0 Å². The fourth-order valence-electron chi connectivity index (χ4n) is 1.93. The molecule has 138 valence electrons. The summed E-state index contributed by atoms with van der Waals surface area (Å²) in [5.74, 6) is -0.751. The summed E-state index contributed by atoms with van der Waals surface area (Å²) in [4.78, 5) is 23.6. The smallest absolute Gasteiger partial charge is 0.347 e. The first-order valence-corrected chi connectivity index (χ1v) is 9.11. The number of nitrogens with two attached hydrogens (primary N) is 1. The second-order valence-corrected chi connectivity index (χ2v) is 6.86. The Morgan fingerprint density at radius 1 is 1.08 bits per heavy atom. The van der Waals surface area contributed by atoms with Crippen molar-refractivity contribution in [2.45, 2.75) is 17.9 Å². The number of rotatable bonds is 7. The summed E-state index contributed by atoms with van der Waals surface area (Å²) in [5, 5.41) is 7.46. The largest absolute Gasteiger partial charge is 0.479 e.